The fraction of sp³-hybridized carbons (Fsp3) is 0.167. The molecule has 0 bridgehead atoms. The Morgan fingerprint density at radius 3 is 2.62 bits per heavy atom. The molecule has 1 aromatic carbocycles. The van der Waals surface area contributed by atoms with Crippen LogP contribution in [0.2, 0.25) is 0 Å². The van der Waals surface area contributed by atoms with Crippen molar-refractivity contribution in [3.05, 3.63) is 77.3 Å². The first kappa shape index (κ1) is 25.2. The smallest absolute Gasteiger partial charge is 0.435 e. The summed E-state index contributed by atoms with van der Waals surface area (Å²) in [7, 11) is 0. The summed E-state index contributed by atoms with van der Waals surface area (Å²) < 4.78 is 59.9. The third-order valence-corrected chi connectivity index (χ3v) is 4.99. The van der Waals surface area contributed by atoms with Gasteiger partial charge in [-0.2, -0.15) is 28.5 Å². The molecule has 0 atom stereocenters. The number of nitrogens with one attached hydrogen (secondary N) is 1. The van der Waals surface area contributed by atoms with E-state index in [0.29, 0.717) is 5.56 Å². The molecule has 0 spiro atoms. The molecule has 0 aliphatic heterocycles. The first-order valence-electron chi connectivity index (χ1n) is 10.7. The van der Waals surface area contributed by atoms with E-state index in [1.54, 1.807) is 6.92 Å². The van der Waals surface area contributed by atoms with Gasteiger partial charge in [0.15, 0.2) is 11.5 Å². The number of hydrogen-bond acceptors (Lipinski definition) is 8. The lowest BCUT2D eigenvalue weighted by Gasteiger charge is -2.13. The molecular weight excluding hydrogens is 494 g/mol. The van der Waals surface area contributed by atoms with Gasteiger partial charge in [0, 0.05) is 41.1 Å². The van der Waals surface area contributed by atoms with Crippen molar-refractivity contribution in [1.29, 1.82) is 5.26 Å². The highest BCUT2D eigenvalue weighted by Crippen LogP contribution is 2.32. The van der Waals surface area contributed by atoms with Crippen molar-refractivity contribution >= 4 is 17.6 Å². The van der Waals surface area contributed by atoms with Crippen LogP contribution in [0.15, 0.2) is 48.9 Å². The number of esters is 1. The highest BCUT2D eigenvalue weighted by molar-refractivity contribution is 5.91. The first-order valence-corrected chi connectivity index (χ1v) is 10.7. The van der Waals surface area contributed by atoms with Crippen LogP contribution >= 0.6 is 0 Å². The number of aromatic nitrogens is 5. The molecule has 13 heteroatoms. The first-order chi connectivity index (χ1) is 17.6. The quantitative estimate of drug-likeness (QED) is 0.284. The van der Waals surface area contributed by atoms with Crippen LogP contribution < -0.4 is 5.32 Å². The van der Waals surface area contributed by atoms with Crippen LogP contribution in [0.4, 0.5) is 29.2 Å². The van der Waals surface area contributed by atoms with Crippen LogP contribution in [-0.4, -0.2) is 37.3 Å². The van der Waals surface area contributed by atoms with E-state index in [1.807, 2.05) is 6.07 Å². The van der Waals surface area contributed by atoms with Crippen molar-refractivity contribution in [3.63, 3.8) is 0 Å². The van der Waals surface area contributed by atoms with Gasteiger partial charge in [-0.05, 0) is 44.2 Å². The van der Waals surface area contributed by atoms with Gasteiger partial charge in [-0.15, -0.1) is 0 Å². The largest absolute Gasteiger partial charge is 0.462 e. The number of hydrogen-bond donors (Lipinski definition) is 1. The maximum absolute atomic E-state index is 13.9. The predicted octanol–water partition coefficient (Wildman–Crippen LogP) is 4.98. The number of carbonyl (C=O) groups is 1. The molecule has 4 rings (SSSR count). The average Bonchev–Trinajstić information content (AvgIpc) is 3.26. The molecule has 3 heterocycles. The Kier molecular flexibility index (Phi) is 6.83. The van der Waals surface area contributed by atoms with Gasteiger partial charge in [0.1, 0.15) is 5.82 Å². The summed E-state index contributed by atoms with van der Waals surface area (Å²) in [5.74, 6) is -1.49. The summed E-state index contributed by atoms with van der Waals surface area (Å²) >= 11 is 0. The Bertz CT molecular complexity index is 1530. The number of rotatable bonds is 6. The standard InChI is InChI=1S/C24H17F4N7O2/c1-3-37-22(36)16-7-15(10-30-11-16)19-12-31-23(32-18-6-14(9-29)5-17(25)8-18)33-21(19)35-13(2)4-20(34-35)24(26,27)28/h4-8,10-12H,3H2,1-2H3,(H,31,32,33). The van der Waals surface area contributed by atoms with Gasteiger partial charge in [0.25, 0.3) is 0 Å². The third-order valence-electron chi connectivity index (χ3n) is 4.99. The van der Waals surface area contributed by atoms with Gasteiger partial charge in [-0.1, -0.05) is 0 Å². The van der Waals surface area contributed by atoms with Crippen molar-refractivity contribution in [2.45, 2.75) is 20.0 Å². The summed E-state index contributed by atoms with van der Waals surface area (Å²) in [5, 5.41) is 15.5. The monoisotopic (exact) mass is 511 g/mol. The van der Waals surface area contributed by atoms with E-state index in [0.717, 1.165) is 22.9 Å². The molecule has 4 aromatic rings. The maximum atomic E-state index is 13.9. The highest BCUT2D eigenvalue weighted by Gasteiger charge is 2.35. The van der Waals surface area contributed by atoms with Crippen LogP contribution in [0.5, 0.6) is 0 Å². The molecule has 0 unspecified atom stereocenters. The zero-order valence-electron chi connectivity index (χ0n) is 19.3. The molecule has 0 fully saturated rings. The van der Waals surface area contributed by atoms with Crippen LogP contribution in [-0.2, 0) is 10.9 Å². The number of nitrogens with zero attached hydrogens (tertiary/aromatic N) is 6. The van der Waals surface area contributed by atoms with Crippen LogP contribution in [0, 0.1) is 24.1 Å². The number of aryl methyl sites for hydroxylation is 1. The number of halogens is 4. The van der Waals surface area contributed by atoms with Gasteiger partial charge < -0.3 is 10.1 Å². The summed E-state index contributed by atoms with van der Waals surface area (Å²) in [5.41, 5.74) is -0.191. The lowest BCUT2D eigenvalue weighted by molar-refractivity contribution is -0.141. The molecule has 0 radical (unpaired) electrons. The molecule has 0 saturated carbocycles. The lowest BCUT2D eigenvalue weighted by Crippen LogP contribution is -2.11. The SMILES string of the molecule is CCOC(=O)c1cncc(-c2cnc(Nc3cc(F)cc(C#N)c3)nc2-n2nc(C(F)(F)F)cc2C)c1. The number of alkyl halides is 3. The normalized spacial score (nSPS) is 11.2. The lowest BCUT2D eigenvalue weighted by atomic mass is 10.1. The fourth-order valence-corrected chi connectivity index (χ4v) is 3.39. The van der Waals surface area contributed by atoms with Crippen molar-refractivity contribution < 1.29 is 27.1 Å². The molecule has 1 N–H and O–H groups in total. The van der Waals surface area contributed by atoms with E-state index < -0.39 is 23.7 Å². The van der Waals surface area contributed by atoms with Crippen LogP contribution in [0.3, 0.4) is 0 Å². The number of nitriles is 1. The minimum atomic E-state index is -4.70. The Morgan fingerprint density at radius 2 is 1.95 bits per heavy atom. The number of benzene rings is 1. The summed E-state index contributed by atoms with van der Waals surface area (Å²) in [6.45, 7) is 3.20. The van der Waals surface area contributed by atoms with E-state index in [9.17, 15) is 22.4 Å². The minimum Gasteiger partial charge on any atom is -0.462 e. The minimum absolute atomic E-state index is 0.0407. The van der Waals surface area contributed by atoms with Gasteiger partial charge in [0.05, 0.1) is 23.8 Å². The number of anilines is 2. The fourth-order valence-electron chi connectivity index (χ4n) is 3.39. The average molecular weight is 511 g/mol. The highest BCUT2D eigenvalue weighted by atomic mass is 19.4. The zero-order valence-corrected chi connectivity index (χ0v) is 19.3. The van der Waals surface area contributed by atoms with Gasteiger partial charge in [0.2, 0.25) is 5.95 Å². The third kappa shape index (κ3) is 5.53. The molecular formula is C24H17F4N7O2. The van der Waals surface area contributed by atoms with Crippen molar-refractivity contribution in [2.75, 3.05) is 11.9 Å². The zero-order chi connectivity index (χ0) is 26.7. The van der Waals surface area contributed by atoms with E-state index in [2.05, 4.69) is 25.4 Å². The topological polar surface area (TPSA) is 119 Å². The summed E-state index contributed by atoms with van der Waals surface area (Å²) in [4.78, 5) is 24.7. The van der Waals surface area contributed by atoms with Crippen LogP contribution in [0.1, 0.15) is 34.2 Å². The Hall–Kier alpha value is -4.86. The maximum Gasteiger partial charge on any atom is 0.435 e. The number of carbonyl (C=O) groups excluding carboxylic acids is 1. The van der Waals surface area contributed by atoms with Crippen molar-refractivity contribution in [1.82, 2.24) is 24.7 Å². The van der Waals surface area contributed by atoms with E-state index >= 15 is 0 Å². The second kappa shape index (κ2) is 10.0. The van der Waals surface area contributed by atoms with Crippen molar-refractivity contribution in [2.24, 2.45) is 0 Å². The second-order valence-electron chi connectivity index (χ2n) is 7.66. The Labute approximate surface area is 207 Å². The summed E-state index contributed by atoms with van der Waals surface area (Å²) in [6, 6.07) is 7.62. The Balaban J connectivity index is 1.86. The molecule has 0 aliphatic carbocycles. The number of pyridine rings is 1. The molecule has 0 saturated heterocycles. The Morgan fingerprint density at radius 1 is 1.16 bits per heavy atom. The van der Waals surface area contributed by atoms with Crippen LogP contribution in [0.25, 0.3) is 16.9 Å². The molecule has 9 nitrogen and oxygen atoms in total. The second-order valence-corrected chi connectivity index (χ2v) is 7.66. The molecule has 3 aromatic heterocycles. The predicted molar refractivity (Wildman–Crippen MR) is 122 cm³/mol. The van der Waals surface area contributed by atoms with E-state index in [1.165, 1.54) is 37.6 Å². The molecule has 37 heavy (non-hydrogen) atoms. The van der Waals surface area contributed by atoms with Crippen molar-refractivity contribution in [3.8, 4) is 23.0 Å². The molecule has 0 aliphatic rings. The van der Waals surface area contributed by atoms with Gasteiger partial charge >= 0.3 is 12.1 Å². The van der Waals surface area contributed by atoms with E-state index in [-0.39, 0.29) is 46.4 Å². The molecule has 0 amide bonds. The molecule has 188 valence electrons. The number of ether oxygens (including phenoxy) is 1. The van der Waals surface area contributed by atoms with Gasteiger partial charge in [-0.25, -0.2) is 18.9 Å². The van der Waals surface area contributed by atoms with Gasteiger partial charge in [-0.3, -0.25) is 4.98 Å². The van der Waals surface area contributed by atoms with E-state index in [4.69, 9.17) is 10.00 Å². The summed E-state index contributed by atoms with van der Waals surface area (Å²) in [6.07, 6.45) is -0.733.